The minimum Gasteiger partial charge on any atom is -0.490 e. The molecule has 0 saturated carbocycles. The summed E-state index contributed by atoms with van der Waals surface area (Å²) in [7, 11) is 0. The molecule has 0 aliphatic carbocycles. The lowest BCUT2D eigenvalue weighted by atomic mass is 10.3. The van der Waals surface area contributed by atoms with Crippen LogP contribution in [0.2, 0.25) is 0 Å². The average Bonchev–Trinajstić information content (AvgIpc) is 2.09. The first kappa shape index (κ1) is 8.84. The van der Waals surface area contributed by atoms with Crippen molar-refractivity contribution in [2.75, 3.05) is 12.3 Å². The number of nitrogen functional groups attached to an aromatic ring is 1. The maximum Gasteiger partial charge on any atom is 0.160 e. The van der Waals surface area contributed by atoms with Crippen LogP contribution in [-0.2, 0) is 0 Å². The van der Waals surface area contributed by atoms with E-state index in [0.29, 0.717) is 18.0 Å². The Morgan fingerprint density at radius 2 is 2.42 bits per heavy atom. The quantitative estimate of drug-likeness (QED) is 0.694. The standard InChI is InChI=1S/C9H14N2O/c1-2-3-6-12-9-7-11-5-4-8(9)10/h4-5,7H,2-3,6H2,1H3,(H2,10,11). The lowest BCUT2D eigenvalue weighted by Crippen LogP contribution is -1.99. The summed E-state index contributed by atoms with van der Waals surface area (Å²) in [4.78, 5) is 3.92. The van der Waals surface area contributed by atoms with Gasteiger partial charge >= 0.3 is 0 Å². The van der Waals surface area contributed by atoms with Crippen molar-refractivity contribution in [1.82, 2.24) is 4.98 Å². The Morgan fingerprint density at radius 1 is 1.58 bits per heavy atom. The van der Waals surface area contributed by atoms with Gasteiger partial charge in [-0.2, -0.15) is 0 Å². The summed E-state index contributed by atoms with van der Waals surface area (Å²) >= 11 is 0. The molecule has 0 atom stereocenters. The van der Waals surface area contributed by atoms with Crippen LogP contribution >= 0.6 is 0 Å². The summed E-state index contributed by atoms with van der Waals surface area (Å²) in [5.41, 5.74) is 6.29. The van der Waals surface area contributed by atoms with E-state index in [4.69, 9.17) is 10.5 Å². The first-order valence-electron chi connectivity index (χ1n) is 4.17. The fraction of sp³-hybridized carbons (Fsp3) is 0.444. The van der Waals surface area contributed by atoms with Crippen molar-refractivity contribution in [3.05, 3.63) is 18.5 Å². The molecule has 1 rings (SSSR count). The van der Waals surface area contributed by atoms with E-state index < -0.39 is 0 Å². The number of rotatable bonds is 4. The SMILES string of the molecule is CCCCOc1cnccc1N. The van der Waals surface area contributed by atoms with Crippen LogP contribution in [0.15, 0.2) is 18.5 Å². The topological polar surface area (TPSA) is 48.1 Å². The minimum atomic E-state index is 0.654. The number of unbranched alkanes of at least 4 members (excludes halogenated alkanes) is 1. The van der Waals surface area contributed by atoms with Crippen LogP contribution in [0.1, 0.15) is 19.8 Å². The molecule has 0 radical (unpaired) electrons. The zero-order valence-electron chi connectivity index (χ0n) is 7.29. The second-order valence-corrected chi connectivity index (χ2v) is 2.62. The Balaban J connectivity index is 2.46. The Labute approximate surface area is 72.6 Å². The van der Waals surface area contributed by atoms with E-state index in [1.807, 2.05) is 0 Å². The molecule has 66 valence electrons. The molecule has 0 aliphatic rings. The number of hydrogen-bond donors (Lipinski definition) is 1. The molecule has 0 unspecified atom stereocenters. The average molecular weight is 166 g/mol. The molecule has 12 heavy (non-hydrogen) atoms. The molecular formula is C9H14N2O. The molecule has 0 amide bonds. The lowest BCUT2D eigenvalue weighted by Gasteiger charge is -2.06. The highest BCUT2D eigenvalue weighted by Crippen LogP contribution is 2.18. The predicted octanol–water partition coefficient (Wildman–Crippen LogP) is 1.84. The lowest BCUT2D eigenvalue weighted by molar-refractivity contribution is 0.310. The van der Waals surface area contributed by atoms with Gasteiger partial charge < -0.3 is 10.5 Å². The van der Waals surface area contributed by atoms with Crippen LogP contribution in [0.5, 0.6) is 5.75 Å². The maximum absolute atomic E-state index is 5.64. The molecule has 2 N–H and O–H groups in total. The number of anilines is 1. The number of hydrogen-bond acceptors (Lipinski definition) is 3. The van der Waals surface area contributed by atoms with Gasteiger partial charge in [0.25, 0.3) is 0 Å². The van der Waals surface area contributed by atoms with Gasteiger partial charge in [-0.1, -0.05) is 13.3 Å². The molecular weight excluding hydrogens is 152 g/mol. The summed E-state index contributed by atoms with van der Waals surface area (Å²) in [6, 6.07) is 1.74. The molecule has 0 aromatic carbocycles. The fourth-order valence-electron chi connectivity index (χ4n) is 0.838. The zero-order chi connectivity index (χ0) is 8.81. The van der Waals surface area contributed by atoms with Crippen molar-refractivity contribution in [3.63, 3.8) is 0 Å². The van der Waals surface area contributed by atoms with Crippen LogP contribution in [0.4, 0.5) is 5.69 Å². The highest BCUT2D eigenvalue weighted by molar-refractivity contribution is 5.49. The third-order valence-electron chi connectivity index (χ3n) is 1.57. The summed E-state index contributed by atoms with van der Waals surface area (Å²) in [5.74, 6) is 0.686. The molecule has 1 aromatic rings. The molecule has 0 saturated heterocycles. The van der Waals surface area contributed by atoms with E-state index in [2.05, 4.69) is 11.9 Å². The largest absolute Gasteiger partial charge is 0.490 e. The van der Waals surface area contributed by atoms with Gasteiger partial charge in [0, 0.05) is 6.20 Å². The maximum atomic E-state index is 5.64. The third-order valence-corrected chi connectivity index (χ3v) is 1.57. The van der Waals surface area contributed by atoms with Gasteiger partial charge in [-0.3, -0.25) is 4.98 Å². The summed E-state index contributed by atoms with van der Waals surface area (Å²) in [6.45, 7) is 2.84. The molecule has 1 heterocycles. The van der Waals surface area contributed by atoms with E-state index in [1.54, 1.807) is 18.5 Å². The Kier molecular flexibility index (Phi) is 3.38. The van der Waals surface area contributed by atoms with Gasteiger partial charge in [-0.15, -0.1) is 0 Å². The zero-order valence-corrected chi connectivity index (χ0v) is 7.29. The number of aromatic nitrogens is 1. The minimum absolute atomic E-state index is 0.654. The molecule has 1 aromatic heterocycles. The van der Waals surface area contributed by atoms with Crippen molar-refractivity contribution in [3.8, 4) is 5.75 Å². The van der Waals surface area contributed by atoms with Gasteiger partial charge in [0.05, 0.1) is 18.5 Å². The van der Waals surface area contributed by atoms with Gasteiger partial charge in [0.1, 0.15) is 0 Å². The number of nitrogens with zero attached hydrogens (tertiary/aromatic N) is 1. The first-order chi connectivity index (χ1) is 5.84. The van der Waals surface area contributed by atoms with Crippen LogP contribution in [0, 0.1) is 0 Å². The second-order valence-electron chi connectivity index (χ2n) is 2.62. The third kappa shape index (κ3) is 2.42. The second kappa shape index (κ2) is 4.59. The van der Waals surface area contributed by atoms with Crippen molar-refractivity contribution in [2.24, 2.45) is 0 Å². The van der Waals surface area contributed by atoms with Crippen LogP contribution in [0.25, 0.3) is 0 Å². The van der Waals surface area contributed by atoms with E-state index in [1.165, 1.54) is 0 Å². The number of nitrogens with two attached hydrogens (primary N) is 1. The summed E-state index contributed by atoms with van der Waals surface area (Å²) < 4.78 is 5.39. The van der Waals surface area contributed by atoms with Gasteiger partial charge in [-0.05, 0) is 12.5 Å². The van der Waals surface area contributed by atoms with Crippen LogP contribution < -0.4 is 10.5 Å². The smallest absolute Gasteiger partial charge is 0.160 e. The molecule has 0 spiro atoms. The van der Waals surface area contributed by atoms with Crippen molar-refractivity contribution >= 4 is 5.69 Å². The highest BCUT2D eigenvalue weighted by atomic mass is 16.5. The highest BCUT2D eigenvalue weighted by Gasteiger charge is 1.97. The first-order valence-corrected chi connectivity index (χ1v) is 4.17. The van der Waals surface area contributed by atoms with Gasteiger partial charge in [0.15, 0.2) is 5.75 Å². The summed E-state index contributed by atoms with van der Waals surface area (Å²) in [5, 5.41) is 0. The number of ether oxygens (including phenoxy) is 1. The van der Waals surface area contributed by atoms with Crippen molar-refractivity contribution in [1.29, 1.82) is 0 Å². The van der Waals surface area contributed by atoms with Crippen LogP contribution in [0.3, 0.4) is 0 Å². The Morgan fingerprint density at radius 3 is 3.08 bits per heavy atom. The molecule has 3 heteroatoms. The normalized spacial score (nSPS) is 9.75. The van der Waals surface area contributed by atoms with Crippen molar-refractivity contribution in [2.45, 2.75) is 19.8 Å². The van der Waals surface area contributed by atoms with E-state index in [9.17, 15) is 0 Å². The van der Waals surface area contributed by atoms with Crippen molar-refractivity contribution < 1.29 is 4.74 Å². The Bertz CT molecular complexity index is 238. The van der Waals surface area contributed by atoms with Gasteiger partial charge in [0.2, 0.25) is 0 Å². The van der Waals surface area contributed by atoms with Crippen LogP contribution in [-0.4, -0.2) is 11.6 Å². The van der Waals surface area contributed by atoms with E-state index in [0.717, 1.165) is 12.8 Å². The molecule has 3 nitrogen and oxygen atoms in total. The summed E-state index contributed by atoms with van der Waals surface area (Å²) in [6.07, 6.45) is 5.47. The van der Waals surface area contributed by atoms with E-state index in [-0.39, 0.29) is 0 Å². The number of pyridine rings is 1. The molecule has 0 aliphatic heterocycles. The molecule has 0 fully saturated rings. The monoisotopic (exact) mass is 166 g/mol. The molecule has 0 bridgehead atoms. The predicted molar refractivity (Wildman–Crippen MR) is 49.1 cm³/mol. The fourth-order valence-corrected chi connectivity index (χ4v) is 0.838. The Hall–Kier alpha value is -1.25. The van der Waals surface area contributed by atoms with Gasteiger partial charge in [-0.25, -0.2) is 0 Å². The van der Waals surface area contributed by atoms with E-state index >= 15 is 0 Å².